The van der Waals surface area contributed by atoms with Gasteiger partial charge in [-0.05, 0) is 36.8 Å². The fraction of sp³-hybridized carbons (Fsp3) is 0.571. The molecule has 1 fully saturated rings. The van der Waals surface area contributed by atoms with Crippen LogP contribution in [0.1, 0.15) is 31.7 Å². The van der Waals surface area contributed by atoms with Crippen molar-refractivity contribution in [3.05, 3.63) is 28.2 Å². The number of hydrogen-bond donors (Lipinski definition) is 1. The summed E-state index contributed by atoms with van der Waals surface area (Å²) in [6.45, 7) is 2.08. The molecule has 0 aromatic heterocycles. The average molecular weight is 368 g/mol. The first kappa shape index (κ1) is 16.0. The topological polar surface area (TPSA) is 12.0 Å². The van der Waals surface area contributed by atoms with E-state index in [4.69, 9.17) is 0 Å². The second-order valence-corrected chi connectivity index (χ2v) is 7.30. The van der Waals surface area contributed by atoms with Gasteiger partial charge in [-0.3, -0.25) is 0 Å². The van der Waals surface area contributed by atoms with E-state index in [-0.39, 0.29) is 11.7 Å². The molecule has 0 bridgehead atoms. The second kappa shape index (κ2) is 6.60. The molecule has 6 heteroatoms. The van der Waals surface area contributed by atoms with E-state index in [0.29, 0.717) is 9.72 Å². The highest BCUT2D eigenvalue weighted by Crippen LogP contribution is 2.39. The van der Waals surface area contributed by atoms with Gasteiger partial charge >= 0.3 is 6.18 Å². The van der Waals surface area contributed by atoms with Crippen molar-refractivity contribution in [1.82, 2.24) is 0 Å². The summed E-state index contributed by atoms with van der Waals surface area (Å²) in [6, 6.07) is 4.43. The van der Waals surface area contributed by atoms with Crippen LogP contribution in [0.3, 0.4) is 0 Å². The van der Waals surface area contributed by atoms with Gasteiger partial charge in [0.15, 0.2) is 0 Å². The van der Waals surface area contributed by atoms with Crippen LogP contribution in [-0.4, -0.2) is 17.0 Å². The third-order valence-corrected chi connectivity index (χ3v) is 5.28. The van der Waals surface area contributed by atoms with Crippen molar-refractivity contribution < 1.29 is 13.2 Å². The molecular weight excluding hydrogens is 351 g/mol. The normalized spacial score (nSPS) is 23.1. The molecule has 0 aliphatic heterocycles. The molecule has 1 aromatic rings. The number of alkyl halides is 3. The molecule has 2 unspecified atom stereocenters. The van der Waals surface area contributed by atoms with Gasteiger partial charge in [0.25, 0.3) is 0 Å². The minimum absolute atomic E-state index is 0.127. The molecule has 1 aliphatic rings. The molecule has 112 valence electrons. The van der Waals surface area contributed by atoms with E-state index >= 15 is 0 Å². The van der Waals surface area contributed by atoms with Gasteiger partial charge < -0.3 is 5.32 Å². The summed E-state index contributed by atoms with van der Waals surface area (Å²) >= 11 is 4.94. The number of anilines is 1. The van der Waals surface area contributed by atoms with Gasteiger partial charge in [-0.2, -0.15) is 24.9 Å². The first-order valence-corrected chi connectivity index (χ1v) is 8.51. The first-order chi connectivity index (χ1) is 9.41. The smallest absolute Gasteiger partial charge is 0.381 e. The molecule has 1 aromatic carbocycles. The third kappa shape index (κ3) is 3.85. The van der Waals surface area contributed by atoms with Crippen molar-refractivity contribution in [2.45, 2.75) is 43.7 Å². The maximum atomic E-state index is 13.1. The highest BCUT2D eigenvalue weighted by atomic mass is 79.9. The van der Waals surface area contributed by atoms with Gasteiger partial charge in [0.2, 0.25) is 0 Å². The second-order valence-electron chi connectivity index (χ2n) is 4.86. The summed E-state index contributed by atoms with van der Waals surface area (Å²) in [6.07, 6.45) is -1.25. The Morgan fingerprint density at radius 3 is 2.75 bits per heavy atom. The van der Waals surface area contributed by atoms with Crippen molar-refractivity contribution >= 4 is 33.4 Å². The molecule has 1 N–H and O–H groups in total. The summed E-state index contributed by atoms with van der Waals surface area (Å²) < 4.78 is 39.7. The van der Waals surface area contributed by atoms with E-state index in [0.717, 1.165) is 31.1 Å². The Morgan fingerprint density at radius 2 is 2.10 bits per heavy atom. The average Bonchev–Trinajstić information content (AvgIpc) is 2.78. The van der Waals surface area contributed by atoms with E-state index in [1.165, 1.54) is 6.07 Å². The van der Waals surface area contributed by atoms with Crippen LogP contribution in [0.5, 0.6) is 0 Å². The lowest BCUT2D eigenvalue weighted by Crippen LogP contribution is -2.27. The monoisotopic (exact) mass is 367 g/mol. The van der Waals surface area contributed by atoms with Gasteiger partial charge in [0.05, 0.1) is 5.56 Å². The van der Waals surface area contributed by atoms with E-state index < -0.39 is 11.7 Å². The lowest BCUT2D eigenvalue weighted by atomic mass is 10.1. The standard InChI is InChI=1S/C14H17BrF3NS/c1-2-20-13-5-3-4-12(13)19-11-7-6-9(15)8-10(11)14(16,17)18/h6-8,12-13,19H,2-5H2,1H3. The van der Waals surface area contributed by atoms with E-state index in [9.17, 15) is 13.2 Å². The number of nitrogens with one attached hydrogen (secondary N) is 1. The van der Waals surface area contributed by atoms with Crippen molar-refractivity contribution in [2.75, 3.05) is 11.1 Å². The zero-order valence-corrected chi connectivity index (χ0v) is 13.5. The Hall–Kier alpha value is -0.360. The van der Waals surface area contributed by atoms with Crippen LogP contribution in [0.25, 0.3) is 0 Å². The zero-order valence-electron chi connectivity index (χ0n) is 11.1. The Kier molecular flexibility index (Phi) is 5.29. The first-order valence-electron chi connectivity index (χ1n) is 6.66. The van der Waals surface area contributed by atoms with Crippen LogP contribution < -0.4 is 5.32 Å². The van der Waals surface area contributed by atoms with E-state index in [1.807, 2.05) is 11.8 Å². The van der Waals surface area contributed by atoms with E-state index in [2.05, 4.69) is 28.2 Å². The van der Waals surface area contributed by atoms with Crippen LogP contribution >= 0.6 is 27.7 Å². The fourth-order valence-electron chi connectivity index (χ4n) is 2.58. The lowest BCUT2D eigenvalue weighted by Gasteiger charge is -2.23. The van der Waals surface area contributed by atoms with Gasteiger partial charge in [0.1, 0.15) is 0 Å². The van der Waals surface area contributed by atoms with Crippen LogP contribution in [0, 0.1) is 0 Å². The number of thioether (sulfide) groups is 1. The summed E-state index contributed by atoms with van der Waals surface area (Å²) in [7, 11) is 0. The Balaban J connectivity index is 2.20. The zero-order chi connectivity index (χ0) is 14.8. The predicted octanol–water partition coefficient (Wildman–Crippen LogP) is 5.55. The summed E-state index contributed by atoms with van der Waals surface area (Å²) in [5.41, 5.74) is -0.409. The highest BCUT2D eigenvalue weighted by Gasteiger charge is 2.35. The third-order valence-electron chi connectivity index (χ3n) is 3.46. The number of hydrogen-bond acceptors (Lipinski definition) is 2. The van der Waals surface area contributed by atoms with Gasteiger partial charge in [0, 0.05) is 21.5 Å². The molecule has 1 saturated carbocycles. The summed E-state index contributed by atoms with van der Waals surface area (Å²) in [5, 5.41) is 3.52. The van der Waals surface area contributed by atoms with Crippen LogP contribution in [0.2, 0.25) is 0 Å². The maximum absolute atomic E-state index is 13.1. The Morgan fingerprint density at radius 1 is 1.35 bits per heavy atom. The molecule has 1 aliphatic carbocycles. The maximum Gasteiger partial charge on any atom is 0.418 e. The molecule has 0 radical (unpaired) electrons. The van der Waals surface area contributed by atoms with Crippen molar-refractivity contribution in [3.8, 4) is 0 Å². The number of benzene rings is 1. The van der Waals surface area contributed by atoms with Gasteiger partial charge in [-0.15, -0.1) is 0 Å². The molecular formula is C14H17BrF3NS. The van der Waals surface area contributed by atoms with Crippen molar-refractivity contribution in [1.29, 1.82) is 0 Å². The number of rotatable bonds is 4. The highest BCUT2D eigenvalue weighted by molar-refractivity contribution is 9.10. The minimum atomic E-state index is -4.34. The molecule has 0 amide bonds. The van der Waals surface area contributed by atoms with Crippen molar-refractivity contribution in [2.24, 2.45) is 0 Å². The van der Waals surface area contributed by atoms with E-state index in [1.54, 1.807) is 6.07 Å². The van der Waals surface area contributed by atoms with Gasteiger partial charge in [-0.25, -0.2) is 0 Å². The molecule has 0 spiro atoms. The molecule has 2 rings (SSSR count). The molecule has 2 atom stereocenters. The minimum Gasteiger partial charge on any atom is -0.381 e. The van der Waals surface area contributed by atoms with Crippen molar-refractivity contribution in [3.63, 3.8) is 0 Å². The molecule has 20 heavy (non-hydrogen) atoms. The van der Waals surface area contributed by atoms with Crippen LogP contribution in [0.15, 0.2) is 22.7 Å². The quantitative estimate of drug-likeness (QED) is 0.747. The summed E-state index contributed by atoms with van der Waals surface area (Å²) in [4.78, 5) is 0. The van der Waals surface area contributed by atoms with Crippen LogP contribution in [0.4, 0.5) is 18.9 Å². The fourth-order valence-corrected chi connectivity index (χ4v) is 4.14. The SMILES string of the molecule is CCSC1CCCC1Nc1ccc(Br)cc1C(F)(F)F. The predicted molar refractivity (Wildman–Crippen MR) is 82.3 cm³/mol. The largest absolute Gasteiger partial charge is 0.418 e. The Labute approximate surface area is 129 Å². The molecule has 0 saturated heterocycles. The summed E-state index contributed by atoms with van der Waals surface area (Å²) in [5.74, 6) is 0.995. The Bertz CT molecular complexity index is 464. The lowest BCUT2D eigenvalue weighted by molar-refractivity contribution is -0.137. The van der Waals surface area contributed by atoms with Crippen LogP contribution in [-0.2, 0) is 6.18 Å². The van der Waals surface area contributed by atoms with Gasteiger partial charge in [-0.1, -0.05) is 29.3 Å². The molecule has 0 heterocycles. The number of halogens is 4. The molecule has 1 nitrogen and oxygen atoms in total.